The maximum atomic E-state index is 12.9. The van der Waals surface area contributed by atoms with Gasteiger partial charge < -0.3 is 19.2 Å². The first-order chi connectivity index (χ1) is 16.0. The van der Waals surface area contributed by atoms with E-state index in [1.165, 1.54) is 16.9 Å². The van der Waals surface area contributed by atoms with E-state index in [4.69, 9.17) is 13.9 Å². The fraction of sp³-hybridized carbons (Fsp3) is 0.385. The number of furan rings is 1. The van der Waals surface area contributed by atoms with Crippen LogP contribution in [0.4, 0.5) is 5.00 Å². The van der Waals surface area contributed by atoms with Gasteiger partial charge in [0.2, 0.25) is 0 Å². The molecule has 7 heteroatoms. The number of amides is 1. The second-order valence-corrected chi connectivity index (χ2v) is 9.47. The fourth-order valence-electron chi connectivity index (χ4n) is 3.92. The molecule has 3 aromatic rings. The van der Waals surface area contributed by atoms with Crippen LogP contribution in [0.3, 0.4) is 0 Å². The molecule has 174 valence electrons. The highest BCUT2D eigenvalue weighted by molar-refractivity contribution is 7.17. The van der Waals surface area contributed by atoms with Crippen molar-refractivity contribution in [3.05, 3.63) is 69.5 Å². The van der Waals surface area contributed by atoms with Crippen LogP contribution in [0.2, 0.25) is 0 Å². The van der Waals surface area contributed by atoms with Gasteiger partial charge in [-0.2, -0.15) is 0 Å². The third-order valence-electron chi connectivity index (χ3n) is 5.69. The second kappa shape index (κ2) is 10.3. The van der Waals surface area contributed by atoms with E-state index in [0.29, 0.717) is 28.8 Å². The predicted molar refractivity (Wildman–Crippen MR) is 128 cm³/mol. The lowest BCUT2D eigenvalue weighted by Crippen LogP contribution is -2.15. The average Bonchev–Trinajstić information content (AvgIpc) is 3.42. The molecule has 0 saturated carbocycles. The lowest BCUT2D eigenvalue weighted by atomic mass is 9.95. The van der Waals surface area contributed by atoms with Crippen molar-refractivity contribution in [3.63, 3.8) is 0 Å². The summed E-state index contributed by atoms with van der Waals surface area (Å²) in [4.78, 5) is 26.6. The number of aryl methyl sites for hydroxylation is 1. The van der Waals surface area contributed by atoms with Crippen LogP contribution < -0.4 is 10.1 Å². The molecule has 1 N–H and O–H groups in total. The highest BCUT2D eigenvalue weighted by Gasteiger charge is 2.28. The van der Waals surface area contributed by atoms with Crippen molar-refractivity contribution < 1.29 is 23.5 Å². The van der Waals surface area contributed by atoms with Crippen molar-refractivity contribution in [1.29, 1.82) is 0 Å². The summed E-state index contributed by atoms with van der Waals surface area (Å²) in [5.41, 5.74) is 2.75. The van der Waals surface area contributed by atoms with Crippen LogP contribution in [0.25, 0.3) is 0 Å². The molecular formula is C26H29NO5S. The largest absolute Gasteiger partial charge is 0.486 e. The molecule has 0 unspecified atom stereocenters. The number of hydrogen-bond donors (Lipinski definition) is 1. The van der Waals surface area contributed by atoms with E-state index in [1.807, 2.05) is 24.3 Å². The number of benzene rings is 1. The zero-order valence-electron chi connectivity index (χ0n) is 19.2. The summed E-state index contributed by atoms with van der Waals surface area (Å²) in [6.07, 6.45) is 3.87. The van der Waals surface area contributed by atoms with Gasteiger partial charge in [-0.15, -0.1) is 11.3 Å². The van der Waals surface area contributed by atoms with Gasteiger partial charge in [0.1, 0.15) is 23.1 Å². The van der Waals surface area contributed by atoms with Gasteiger partial charge in [0.25, 0.3) is 5.91 Å². The summed E-state index contributed by atoms with van der Waals surface area (Å²) in [5, 5.41) is 3.40. The zero-order chi connectivity index (χ0) is 23.4. The van der Waals surface area contributed by atoms with E-state index >= 15 is 0 Å². The lowest BCUT2D eigenvalue weighted by molar-refractivity contribution is 0.0526. The van der Waals surface area contributed by atoms with Gasteiger partial charge in [-0.3, -0.25) is 4.79 Å². The van der Waals surface area contributed by atoms with Crippen LogP contribution in [-0.2, 0) is 24.2 Å². The quantitative estimate of drug-likeness (QED) is 0.391. The molecule has 1 aliphatic carbocycles. The summed E-state index contributed by atoms with van der Waals surface area (Å²) in [5.74, 6) is 1.14. The Kier molecular flexibility index (Phi) is 7.18. The Morgan fingerprint density at radius 3 is 2.58 bits per heavy atom. The Labute approximate surface area is 197 Å². The summed E-state index contributed by atoms with van der Waals surface area (Å²) in [6.45, 7) is 6.58. The molecule has 1 aromatic carbocycles. The van der Waals surface area contributed by atoms with Gasteiger partial charge >= 0.3 is 5.97 Å². The molecule has 0 fully saturated rings. The van der Waals surface area contributed by atoms with Crippen LogP contribution >= 0.6 is 11.3 Å². The Balaban J connectivity index is 1.43. The topological polar surface area (TPSA) is 77.8 Å². The highest BCUT2D eigenvalue weighted by Crippen LogP contribution is 2.39. The first kappa shape index (κ1) is 23.1. The van der Waals surface area contributed by atoms with Crippen molar-refractivity contribution >= 4 is 28.2 Å². The third-order valence-corrected chi connectivity index (χ3v) is 6.90. The van der Waals surface area contributed by atoms with Crippen molar-refractivity contribution in [2.75, 3.05) is 11.9 Å². The number of thiophene rings is 1. The maximum Gasteiger partial charge on any atom is 0.341 e. The smallest absolute Gasteiger partial charge is 0.341 e. The van der Waals surface area contributed by atoms with E-state index in [2.05, 4.69) is 19.2 Å². The molecule has 4 rings (SSSR count). The second-order valence-electron chi connectivity index (χ2n) is 8.37. The standard InChI is InChI=1S/C26H29NO5S/c1-4-30-26(29)23-20-7-5-6-8-22(20)33-25(23)27-24(28)21-14-13-19(32-21)15-31-18-11-9-17(10-12-18)16(2)3/h9-14,16H,4-8,15H2,1-3H3,(H,27,28). The minimum absolute atomic E-state index is 0.171. The first-order valence-corrected chi connectivity index (χ1v) is 12.2. The van der Waals surface area contributed by atoms with Crippen LogP contribution in [0.15, 0.2) is 40.8 Å². The van der Waals surface area contributed by atoms with E-state index in [9.17, 15) is 9.59 Å². The van der Waals surface area contributed by atoms with Crippen LogP contribution in [0.1, 0.15) is 82.2 Å². The maximum absolute atomic E-state index is 12.9. The minimum atomic E-state index is -0.397. The molecule has 0 spiro atoms. The number of carbonyl (C=O) groups excluding carboxylic acids is 2. The third kappa shape index (κ3) is 5.30. The highest BCUT2D eigenvalue weighted by atomic mass is 32.1. The fourth-order valence-corrected chi connectivity index (χ4v) is 5.19. The predicted octanol–water partition coefficient (Wildman–Crippen LogP) is 6.35. The van der Waals surface area contributed by atoms with E-state index in [1.54, 1.807) is 19.1 Å². The molecule has 0 saturated heterocycles. The minimum Gasteiger partial charge on any atom is -0.486 e. The van der Waals surface area contributed by atoms with Gasteiger partial charge in [0.05, 0.1) is 12.2 Å². The number of rotatable bonds is 8. The number of ether oxygens (including phenoxy) is 2. The average molecular weight is 468 g/mol. The zero-order valence-corrected chi connectivity index (χ0v) is 20.1. The van der Waals surface area contributed by atoms with Gasteiger partial charge in [0.15, 0.2) is 5.76 Å². The SMILES string of the molecule is CCOC(=O)c1c(NC(=O)c2ccc(COc3ccc(C(C)C)cc3)o2)sc2c1CCCC2. The molecule has 0 radical (unpaired) electrons. The lowest BCUT2D eigenvalue weighted by Gasteiger charge is -2.12. The summed E-state index contributed by atoms with van der Waals surface area (Å²) >= 11 is 1.46. The van der Waals surface area contributed by atoms with Crippen molar-refractivity contribution in [1.82, 2.24) is 0 Å². The monoisotopic (exact) mass is 467 g/mol. The van der Waals surface area contributed by atoms with Gasteiger partial charge in [-0.1, -0.05) is 26.0 Å². The van der Waals surface area contributed by atoms with Gasteiger partial charge in [-0.25, -0.2) is 4.79 Å². The molecule has 2 aromatic heterocycles. The van der Waals surface area contributed by atoms with Crippen LogP contribution in [0.5, 0.6) is 5.75 Å². The van der Waals surface area contributed by atoms with Gasteiger partial charge in [-0.05, 0) is 73.9 Å². The molecule has 1 aliphatic rings. The summed E-state index contributed by atoms with van der Waals surface area (Å²) < 4.78 is 16.7. The first-order valence-electron chi connectivity index (χ1n) is 11.4. The number of fused-ring (bicyclic) bond motifs is 1. The summed E-state index contributed by atoms with van der Waals surface area (Å²) in [7, 11) is 0. The number of anilines is 1. The number of hydrogen-bond acceptors (Lipinski definition) is 6. The Morgan fingerprint density at radius 2 is 1.85 bits per heavy atom. The van der Waals surface area contributed by atoms with E-state index in [-0.39, 0.29) is 18.3 Å². The van der Waals surface area contributed by atoms with Gasteiger partial charge in [0, 0.05) is 4.88 Å². The molecule has 0 aliphatic heterocycles. The number of esters is 1. The van der Waals surface area contributed by atoms with E-state index < -0.39 is 5.91 Å². The molecule has 33 heavy (non-hydrogen) atoms. The van der Waals surface area contributed by atoms with E-state index in [0.717, 1.165) is 41.9 Å². The normalized spacial score (nSPS) is 13.0. The number of nitrogens with one attached hydrogen (secondary N) is 1. The van der Waals surface area contributed by atoms with Crippen molar-refractivity contribution in [2.24, 2.45) is 0 Å². The van der Waals surface area contributed by atoms with Crippen molar-refractivity contribution in [2.45, 2.75) is 59.0 Å². The number of carbonyl (C=O) groups is 2. The van der Waals surface area contributed by atoms with Crippen molar-refractivity contribution in [3.8, 4) is 5.75 Å². The molecule has 1 amide bonds. The summed E-state index contributed by atoms with van der Waals surface area (Å²) in [6, 6.07) is 11.3. The molecular weight excluding hydrogens is 438 g/mol. The van der Waals surface area contributed by atoms with Crippen LogP contribution in [0, 0.1) is 0 Å². The Bertz CT molecular complexity index is 1130. The molecule has 2 heterocycles. The Hall–Kier alpha value is -3.06. The molecule has 6 nitrogen and oxygen atoms in total. The van der Waals surface area contributed by atoms with Crippen LogP contribution in [-0.4, -0.2) is 18.5 Å². The molecule has 0 atom stereocenters. The molecule has 0 bridgehead atoms. The Morgan fingerprint density at radius 1 is 1.09 bits per heavy atom.